The highest BCUT2D eigenvalue weighted by molar-refractivity contribution is 5.74. The molecule has 3 rings (SSSR count). The standard InChI is InChI=1S/C19H23N5O3/c1-13(2)11-24(12-15-7-6-10-26-15)19(25)21-14(3)18-22-17(23-27-18)16-8-4-5-9-20-16/h4-10,13-14H,11-12H2,1-3H3,(H,21,25). The van der Waals surface area contributed by atoms with Gasteiger partial charge in [-0.05, 0) is 37.1 Å². The van der Waals surface area contributed by atoms with Gasteiger partial charge < -0.3 is 19.2 Å². The summed E-state index contributed by atoms with van der Waals surface area (Å²) in [6.07, 6.45) is 3.26. The van der Waals surface area contributed by atoms with Crippen molar-refractivity contribution < 1.29 is 13.7 Å². The maximum atomic E-state index is 12.7. The number of hydrogen-bond acceptors (Lipinski definition) is 6. The SMILES string of the molecule is CC(C)CN(Cc1ccco1)C(=O)NC(C)c1nc(-c2ccccn2)no1. The summed E-state index contributed by atoms with van der Waals surface area (Å²) in [5.74, 6) is 1.77. The molecule has 0 fully saturated rings. The minimum Gasteiger partial charge on any atom is -0.467 e. The van der Waals surface area contributed by atoms with E-state index in [0.29, 0.717) is 36.4 Å². The van der Waals surface area contributed by atoms with Crippen molar-refractivity contribution in [2.45, 2.75) is 33.4 Å². The first-order chi connectivity index (χ1) is 13.0. The Balaban J connectivity index is 1.67. The molecule has 27 heavy (non-hydrogen) atoms. The van der Waals surface area contributed by atoms with Crippen LogP contribution in [0.1, 0.15) is 38.5 Å². The average Bonchev–Trinajstić information content (AvgIpc) is 3.33. The lowest BCUT2D eigenvalue weighted by Crippen LogP contribution is -2.42. The molecule has 8 heteroatoms. The van der Waals surface area contributed by atoms with E-state index in [1.54, 1.807) is 36.4 Å². The number of nitrogens with one attached hydrogen (secondary N) is 1. The molecule has 0 saturated heterocycles. The maximum absolute atomic E-state index is 12.7. The number of urea groups is 1. The predicted molar refractivity (Wildman–Crippen MR) is 98.4 cm³/mol. The van der Waals surface area contributed by atoms with E-state index in [-0.39, 0.29) is 6.03 Å². The molecule has 1 atom stereocenters. The molecule has 1 N–H and O–H groups in total. The van der Waals surface area contributed by atoms with Crippen LogP contribution in [0.5, 0.6) is 0 Å². The van der Waals surface area contributed by atoms with Crippen LogP contribution in [0.2, 0.25) is 0 Å². The molecule has 1 unspecified atom stereocenters. The summed E-state index contributed by atoms with van der Waals surface area (Å²) in [7, 11) is 0. The molecule has 3 aromatic heterocycles. The predicted octanol–water partition coefficient (Wildman–Crippen LogP) is 3.65. The van der Waals surface area contributed by atoms with Crippen molar-refractivity contribution in [1.29, 1.82) is 0 Å². The zero-order valence-electron chi connectivity index (χ0n) is 15.6. The Hall–Kier alpha value is -3.16. The van der Waals surface area contributed by atoms with E-state index in [9.17, 15) is 4.79 Å². The number of nitrogens with zero attached hydrogens (tertiary/aromatic N) is 4. The zero-order valence-corrected chi connectivity index (χ0v) is 15.6. The molecule has 0 spiro atoms. The number of pyridine rings is 1. The topological polar surface area (TPSA) is 97.3 Å². The third-order valence-electron chi connectivity index (χ3n) is 3.85. The monoisotopic (exact) mass is 369 g/mol. The number of rotatable bonds is 7. The van der Waals surface area contributed by atoms with Crippen molar-refractivity contribution in [3.63, 3.8) is 0 Å². The number of amides is 2. The number of hydrogen-bond donors (Lipinski definition) is 1. The molecule has 0 saturated carbocycles. The molecule has 0 aliphatic carbocycles. The molecular weight excluding hydrogens is 346 g/mol. The van der Waals surface area contributed by atoms with Crippen molar-refractivity contribution >= 4 is 6.03 Å². The van der Waals surface area contributed by atoms with Crippen LogP contribution in [-0.4, -0.2) is 32.6 Å². The van der Waals surface area contributed by atoms with E-state index < -0.39 is 6.04 Å². The Morgan fingerprint density at radius 2 is 2.07 bits per heavy atom. The molecule has 3 aromatic rings. The molecule has 0 aliphatic rings. The summed E-state index contributed by atoms with van der Waals surface area (Å²) in [6, 6.07) is 8.46. The Bertz CT molecular complexity index is 845. The highest BCUT2D eigenvalue weighted by Gasteiger charge is 2.22. The fraction of sp³-hybridized carbons (Fsp3) is 0.368. The van der Waals surface area contributed by atoms with Gasteiger partial charge in [0.2, 0.25) is 11.7 Å². The van der Waals surface area contributed by atoms with E-state index in [0.717, 1.165) is 5.76 Å². The fourth-order valence-electron chi connectivity index (χ4n) is 2.60. The minimum atomic E-state index is -0.436. The highest BCUT2D eigenvalue weighted by atomic mass is 16.5. The van der Waals surface area contributed by atoms with E-state index in [2.05, 4.69) is 34.3 Å². The third-order valence-corrected chi connectivity index (χ3v) is 3.85. The molecule has 2 amide bonds. The van der Waals surface area contributed by atoms with Gasteiger partial charge >= 0.3 is 6.03 Å². The Labute approximate surface area is 157 Å². The van der Waals surface area contributed by atoms with Gasteiger partial charge in [0.25, 0.3) is 0 Å². The largest absolute Gasteiger partial charge is 0.467 e. The van der Waals surface area contributed by atoms with Gasteiger partial charge in [0.05, 0.1) is 12.8 Å². The Morgan fingerprint density at radius 1 is 1.22 bits per heavy atom. The van der Waals surface area contributed by atoms with Crippen molar-refractivity contribution in [3.8, 4) is 11.5 Å². The molecule has 3 heterocycles. The fourth-order valence-corrected chi connectivity index (χ4v) is 2.60. The molecule has 0 radical (unpaired) electrons. The van der Waals surface area contributed by atoms with Crippen LogP contribution in [0.3, 0.4) is 0 Å². The van der Waals surface area contributed by atoms with Gasteiger partial charge in [-0.25, -0.2) is 4.79 Å². The number of aromatic nitrogens is 3. The van der Waals surface area contributed by atoms with Gasteiger partial charge in [-0.2, -0.15) is 4.98 Å². The second-order valence-electron chi connectivity index (χ2n) is 6.70. The van der Waals surface area contributed by atoms with Crippen LogP contribution in [0.15, 0.2) is 51.7 Å². The normalized spacial score (nSPS) is 12.1. The Kier molecular flexibility index (Phi) is 5.85. The van der Waals surface area contributed by atoms with Crippen LogP contribution >= 0.6 is 0 Å². The molecule has 0 bridgehead atoms. The minimum absolute atomic E-state index is 0.217. The molecular formula is C19H23N5O3. The lowest BCUT2D eigenvalue weighted by molar-refractivity contribution is 0.177. The summed E-state index contributed by atoms with van der Waals surface area (Å²) in [5, 5.41) is 6.85. The summed E-state index contributed by atoms with van der Waals surface area (Å²) in [4.78, 5) is 23.0. The van der Waals surface area contributed by atoms with Crippen molar-refractivity contribution in [2.24, 2.45) is 5.92 Å². The summed E-state index contributed by atoms with van der Waals surface area (Å²) >= 11 is 0. The van der Waals surface area contributed by atoms with Crippen LogP contribution in [0, 0.1) is 5.92 Å². The average molecular weight is 369 g/mol. The van der Waals surface area contributed by atoms with Gasteiger partial charge in [0.15, 0.2) is 0 Å². The first kappa shape index (κ1) is 18.6. The van der Waals surface area contributed by atoms with E-state index in [4.69, 9.17) is 8.94 Å². The molecule has 8 nitrogen and oxygen atoms in total. The van der Waals surface area contributed by atoms with Crippen molar-refractivity contribution in [1.82, 2.24) is 25.3 Å². The van der Waals surface area contributed by atoms with Crippen LogP contribution in [0.25, 0.3) is 11.5 Å². The molecule has 142 valence electrons. The van der Waals surface area contributed by atoms with Gasteiger partial charge in [0.1, 0.15) is 17.5 Å². The lowest BCUT2D eigenvalue weighted by Gasteiger charge is -2.25. The van der Waals surface area contributed by atoms with Crippen molar-refractivity contribution in [3.05, 3.63) is 54.4 Å². The van der Waals surface area contributed by atoms with Crippen LogP contribution in [-0.2, 0) is 6.54 Å². The summed E-state index contributed by atoms with van der Waals surface area (Å²) in [6.45, 7) is 6.91. The van der Waals surface area contributed by atoms with E-state index in [1.807, 2.05) is 18.2 Å². The number of carbonyl (C=O) groups is 1. The maximum Gasteiger partial charge on any atom is 0.318 e. The molecule has 0 aliphatic heterocycles. The first-order valence-electron chi connectivity index (χ1n) is 8.85. The van der Waals surface area contributed by atoms with Crippen LogP contribution < -0.4 is 5.32 Å². The van der Waals surface area contributed by atoms with Gasteiger partial charge in [-0.15, -0.1) is 0 Å². The highest BCUT2D eigenvalue weighted by Crippen LogP contribution is 2.17. The van der Waals surface area contributed by atoms with E-state index >= 15 is 0 Å². The first-order valence-corrected chi connectivity index (χ1v) is 8.85. The summed E-state index contributed by atoms with van der Waals surface area (Å²) in [5.41, 5.74) is 0.616. The Morgan fingerprint density at radius 3 is 2.74 bits per heavy atom. The molecule has 0 aromatic carbocycles. The number of carbonyl (C=O) groups excluding carboxylic acids is 1. The zero-order chi connectivity index (χ0) is 19.2. The second-order valence-corrected chi connectivity index (χ2v) is 6.70. The quantitative estimate of drug-likeness (QED) is 0.683. The van der Waals surface area contributed by atoms with Crippen LogP contribution in [0.4, 0.5) is 4.79 Å². The summed E-state index contributed by atoms with van der Waals surface area (Å²) < 4.78 is 10.7. The lowest BCUT2D eigenvalue weighted by atomic mass is 10.2. The van der Waals surface area contributed by atoms with Gasteiger partial charge in [-0.3, -0.25) is 4.98 Å². The second kappa shape index (κ2) is 8.48. The van der Waals surface area contributed by atoms with Crippen molar-refractivity contribution in [2.75, 3.05) is 6.54 Å². The number of furan rings is 1. The third kappa shape index (κ3) is 4.93. The smallest absolute Gasteiger partial charge is 0.318 e. The van der Waals surface area contributed by atoms with Gasteiger partial charge in [-0.1, -0.05) is 25.1 Å². The van der Waals surface area contributed by atoms with Gasteiger partial charge in [0, 0.05) is 12.7 Å². The van der Waals surface area contributed by atoms with E-state index in [1.165, 1.54) is 0 Å².